The molecule has 52 heavy (non-hydrogen) atoms. The van der Waals surface area contributed by atoms with Gasteiger partial charge in [0.1, 0.15) is 24.4 Å². The number of hydrogen-bond acceptors (Lipinski definition) is 8. The lowest BCUT2D eigenvalue weighted by atomic mass is 9.99. The zero-order valence-electron chi connectivity index (χ0n) is 33.3. The fraction of sp³-hybridized carbons (Fsp3) is 0.884. The van der Waals surface area contributed by atoms with Gasteiger partial charge in [-0.25, -0.2) is 0 Å². The molecule has 0 aromatic rings. The number of aliphatic hydroxyl groups is 5. The van der Waals surface area contributed by atoms with Crippen LogP contribution in [0.3, 0.4) is 0 Å². The molecule has 0 saturated carbocycles. The van der Waals surface area contributed by atoms with Crippen molar-refractivity contribution in [3.05, 3.63) is 24.3 Å². The normalized spacial score (nSPS) is 22.0. The highest BCUT2D eigenvalue weighted by molar-refractivity contribution is 5.76. The number of amides is 1. The van der Waals surface area contributed by atoms with Crippen LogP contribution in [-0.2, 0) is 14.3 Å². The molecule has 0 aliphatic carbocycles. The van der Waals surface area contributed by atoms with Crippen molar-refractivity contribution in [2.24, 2.45) is 0 Å². The molecule has 1 aliphatic heterocycles. The minimum atomic E-state index is -1.57. The van der Waals surface area contributed by atoms with Crippen molar-refractivity contribution in [1.82, 2.24) is 5.32 Å². The lowest BCUT2D eigenvalue weighted by Crippen LogP contribution is -2.60. The van der Waals surface area contributed by atoms with Crippen LogP contribution >= 0.6 is 0 Å². The summed E-state index contributed by atoms with van der Waals surface area (Å²) in [5.74, 6) is -0.187. The Hall–Kier alpha value is -1.33. The van der Waals surface area contributed by atoms with Crippen LogP contribution < -0.4 is 5.32 Å². The van der Waals surface area contributed by atoms with Gasteiger partial charge in [0.2, 0.25) is 5.91 Å². The zero-order chi connectivity index (χ0) is 38.1. The van der Waals surface area contributed by atoms with Gasteiger partial charge in [0.25, 0.3) is 0 Å². The van der Waals surface area contributed by atoms with Gasteiger partial charge in [-0.15, -0.1) is 0 Å². The molecule has 9 nitrogen and oxygen atoms in total. The third-order valence-electron chi connectivity index (χ3n) is 10.3. The number of ether oxygens (including phenoxy) is 2. The highest BCUT2D eigenvalue weighted by Crippen LogP contribution is 2.22. The van der Waals surface area contributed by atoms with E-state index in [1.807, 2.05) is 6.08 Å². The largest absolute Gasteiger partial charge is 0.394 e. The van der Waals surface area contributed by atoms with E-state index in [4.69, 9.17) is 9.47 Å². The molecule has 1 saturated heterocycles. The second-order valence-electron chi connectivity index (χ2n) is 15.1. The van der Waals surface area contributed by atoms with E-state index in [1.165, 1.54) is 128 Å². The molecular weight excluding hydrogens is 658 g/mol. The van der Waals surface area contributed by atoms with Gasteiger partial charge < -0.3 is 40.3 Å². The van der Waals surface area contributed by atoms with Crippen LogP contribution in [0.5, 0.6) is 0 Å². The Bertz CT molecular complexity index is 868. The first-order valence-electron chi connectivity index (χ1n) is 21.6. The van der Waals surface area contributed by atoms with Gasteiger partial charge in [-0.2, -0.15) is 0 Å². The molecular formula is C43H81NO8. The Morgan fingerprint density at radius 3 is 1.62 bits per heavy atom. The van der Waals surface area contributed by atoms with E-state index in [2.05, 4.69) is 31.3 Å². The van der Waals surface area contributed by atoms with Gasteiger partial charge in [-0.1, -0.05) is 173 Å². The van der Waals surface area contributed by atoms with Crippen LogP contribution in [0.2, 0.25) is 0 Å². The van der Waals surface area contributed by atoms with Crippen molar-refractivity contribution in [2.75, 3.05) is 13.2 Å². The zero-order valence-corrected chi connectivity index (χ0v) is 33.3. The number of rotatable bonds is 35. The molecule has 1 heterocycles. The standard InChI is InChI=1S/C43H81NO8/c1-3-5-7-9-11-13-15-17-19-20-22-24-26-28-30-32-37(46)36(35-51-43-42(50)41(49)40(48)38(34-45)52-43)44-39(47)33-31-29-27-25-23-21-18-16-14-12-10-8-6-4-2/h22,24,30,32,36-38,40-43,45-46,48-50H,3-21,23,25-29,31,33-35H2,1-2H3,(H,44,47)/b24-22+,32-30+/t36-,37+,38-,40-,41?,42?,43-/m0/s1. The molecule has 1 rings (SSSR count). The minimum Gasteiger partial charge on any atom is -0.394 e. The maximum absolute atomic E-state index is 12.9. The van der Waals surface area contributed by atoms with Crippen molar-refractivity contribution >= 4 is 5.91 Å². The van der Waals surface area contributed by atoms with Crippen molar-refractivity contribution < 1.29 is 39.8 Å². The van der Waals surface area contributed by atoms with Crippen molar-refractivity contribution in [3.63, 3.8) is 0 Å². The van der Waals surface area contributed by atoms with Gasteiger partial charge in [-0.05, 0) is 32.1 Å². The predicted octanol–water partition coefficient (Wildman–Crippen LogP) is 8.33. The van der Waals surface area contributed by atoms with E-state index in [-0.39, 0.29) is 12.5 Å². The van der Waals surface area contributed by atoms with Gasteiger partial charge in [-0.3, -0.25) is 4.79 Å². The molecule has 9 heteroatoms. The first-order valence-corrected chi connectivity index (χ1v) is 21.6. The Morgan fingerprint density at radius 2 is 1.10 bits per heavy atom. The molecule has 7 atom stereocenters. The monoisotopic (exact) mass is 740 g/mol. The number of carbonyl (C=O) groups is 1. The number of carbonyl (C=O) groups excluding carboxylic acids is 1. The Labute approximate surface area is 318 Å². The number of unbranched alkanes of at least 4 members (excludes halogenated alkanes) is 23. The molecule has 1 fully saturated rings. The topological polar surface area (TPSA) is 149 Å². The fourth-order valence-electron chi connectivity index (χ4n) is 6.76. The van der Waals surface area contributed by atoms with Crippen LogP contribution in [-0.4, -0.2) is 87.5 Å². The summed E-state index contributed by atoms with van der Waals surface area (Å²) in [6, 6.07) is -0.815. The Kier molecular flexibility index (Phi) is 32.0. The van der Waals surface area contributed by atoms with Gasteiger partial charge in [0.15, 0.2) is 6.29 Å². The minimum absolute atomic E-state index is 0.187. The van der Waals surface area contributed by atoms with Crippen LogP contribution in [0.4, 0.5) is 0 Å². The number of aliphatic hydroxyl groups excluding tert-OH is 5. The Balaban J connectivity index is 2.42. The summed E-state index contributed by atoms with van der Waals surface area (Å²) in [6.07, 6.45) is 32.2. The Morgan fingerprint density at radius 1 is 0.635 bits per heavy atom. The van der Waals surface area contributed by atoms with E-state index in [0.717, 1.165) is 38.5 Å². The second-order valence-corrected chi connectivity index (χ2v) is 15.1. The highest BCUT2D eigenvalue weighted by Gasteiger charge is 2.44. The van der Waals surface area contributed by atoms with Gasteiger partial charge in [0.05, 0.1) is 25.4 Å². The third-order valence-corrected chi connectivity index (χ3v) is 10.3. The summed E-state index contributed by atoms with van der Waals surface area (Å²) >= 11 is 0. The number of allylic oxidation sites excluding steroid dienone is 3. The first-order chi connectivity index (χ1) is 25.3. The van der Waals surface area contributed by atoms with E-state index in [1.54, 1.807) is 6.08 Å². The number of nitrogens with one attached hydrogen (secondary N) is 1. The molecule has 0 bridgehead atoms. The maximum Gasteiger partial charge on any atom is 0.220 e. The number of hydrogen-bond donors (Lipinski definition) is 6. The SMILES string of the molecule is CCCCCCCCCCC/C=C/CC/C=C/[C@@H](O)[C@H](CO[C@H]1O[C@@H](CO)[C@H](O)C(O)C1O)NC(=O)CCCCCCCCCCCCCCCC. The second kappa shape index (κ2) is 34.2. The average Bonchev–Trinajstić information content (AvgIpc) is 3.14. The summed E-state index contributed by atoms with van der Waals surface area (Å²) in [5.41, 5.74) is 0. The summed E-state index contributed by atoms with van der Waals surface area (Å²) in [4.78, 5) is 12.9. The lowest BCUT2D eigenvalue weighted by molar-refractivity contribution is -0.302. The van der Waals surface area contributed by atoms with E-state index < -0.39 is 49.5 Å². The molecule has 0 radical (unpaired) electrons. The maximum atomic E-state index is 12.9. The van der Waals surface area contributed by atoms with Gasteiger partial charge >= 0.3 is 0 Å². The first kappa shape index (κ1) is 48.7. The van der Waals surface area contributed by atoms with E-state index in [0.29, 0.717) is 6.42 Å². The van der Waals surface area contributed by atoms with E-state index in [9.17, 15) is 30.3 Å². The van der Waals surface area contributed by atoms with E-state index >= 15 is 0 Å². The molecule has 6 N–H and O–H groups in total. The summed E-state index contributed by atoms with van der Waals surface area (Å²) in [6.45, 7) is 3.74. The predicted molar refractivity (Wildman–Crippen MR) is 212 cm³/mol. The molecule has 0 aromatic heterocycles. The molecule has 1 amide bonds. The van der Waals surface area contributed by atoms with Crippen LogP contribution in [0.15, 0.2) is 24.3 Å². The van der Waals surface area contributed by atoms with Gasteiger partial charge in [0, 0.05) is 6.42 Å². The highest BCUT2D eigenvalue weighted by atomic mass is 16.7. The molecule has 2 unspecified atom stereocenters. The molecule has 306 valence electrons. The molecule has 0 spiro atoms. The smallest absolute Gasteiger partial charge is 0.220 e. The quantitative estimate of drug-likeness (QED) is 0.0281. The van der Waals surface area contributed by atoms with Crippen LogP contribution in [0, 0.1) is 0 Å². The van der Waals surface area contributed by atoms with Crippen molar-refractivity contribution in [1.29, 1.82) is 0 Å². The fourth-order valence-corrected chi connectivity index (χ4v) is 6.76. The van der Waals surface area contributed by atoms with Crippen molar-refractivity contribution in [3.8, 4) is 0 Å². The summed E-state index contributed by atoms with van der Waals surface area (Å²) < 4.78 is 11.2. The lowest BCUT2D eigenvalue weighted by Gasteiger charge is -2.40. The summed E-state index contributed by atoms with van der Waals surface area (Å²) in [5, 5.41) is 54.0. The third kappa shape index (κ3) is 24.9. The molecule has 0 aromatic carbocycles. The van der Waals surface area contributed by atoms with Crippen LogP contribution in [0.1, 0.15) is 187 Å². The van der Waals surface area contributed by atoms with Crippen LogP contribution in [0.25, 0.3) is 0 Å². The molecule has 1 aliphatic rings. The van der Waals surface area contributed by atoms with Crippen molar-refractivity contribution in [2.45, 2.75) is 230 Å². The average molecular weight is 740 g/mol. The summed E-state index contributed by atoms with van der Waals surface area (Å²) in [7, 11) is 0.